The van der Waals surface area contributed by atoms with E-state index >= 15 is 0 Å². The van der Waals surface area contributed by atoms with Gasteiger partial charge in [-0.1, -0.05) is 151 Å². The molecule has 1 aliphatic heterocycles. The van der Waals surface area contributed by atoms with E-state index in [-0.39, 0.29) is 0 Å². The summed E-state index contributed by atoms with van der Waals surface area (Å²) < 4.78 is 0. The van der Waals surface area contributed by atoms with Crippen molar-refractivity contribution < 1.29 is 0 Å². The molecule has 47 heavy (non-hydrogen) atoms. The molecule has 0 radical (unpaired) electrons. The van der Waals surface area contributed by atoms with Crippen LogP contribution in [0.2, 0.25) is 0 Å². The van der Waals surface area contributed by atoms with Gasteiger partial charge in [0.1, 0.15) is 0 Å². The highest BCUT2D eigenvalue weighted by molar-refractivity contribution is 5.42. The molecular weight excluding hydrogens is 567 g/mol. The molecule has 4 rings (SSSR count). The van der Waals surface area contributed by atoms with Crippen LogP contribution in [0.4, 0.5) is 0 Å². The molecular formula is C46H69N. The summed E-state index contributed by atoms with van der Waals surface area (Å²) in [6, 6.07) is 18.4. The highest BCUT2D eigenvalue weighted by Crippen LogP contribution is 2.26. The molecule has 0 aromatic heterocycles. The lowest BCUT2D eigenvalue weighted by atomic mass is 9.89. The lowest BCUT2D eigenvalue weighted by molar-refractivity contribution is 0.460. The first kappa shape index (κ1) is 40.3. The van der Waals surface area contributed by atoms with Gasteiger partial charge in [0.2, 0.25) is 0 Å². The van der Waals surface area contributed by atoms with E-state index in [0.29, 0.717) is 0 Å². The topological polar surface area (TPSA) is 12.0 Å². The average molecular weight is 636 g/mol. The zero-order valence-corrected chi connectivity index (χ0v) is 31.3. The van der Waals surface area contributed by atoms with Crippen LogP contribution in [-0.4, -0.2) is 13.1 Å². The molecule has 2 aliphatic rings. The van der Waals surface area contributed by atoms with Crippen molar-refractivity contribution in [1.29, 1.82) is 0 Å². The van der Waals surface area contributed by atoms with E-state index in [2.05, 4.69) is 124 Å². The summed E-state index contributed by atoms with van der Waals surface area (Å²) in [5, 5.41) is 3.46. The lowest BCUT2D eigenvalue weighted by Gasteiger charge is -2.23. The first-order valence-electron chi connectivity index (χ1n) is 19.4. The number of nitrogens with one attached hydrogen (secondary N) is 1. The van der Waals surface area contributed by atoms with Crippen molar-refractivity contribution in [2.75, 3.05) is 13.1 Å². The minimum atomic E-state index is 0.774. The van der Waals surface area contributed by atoms with Gasteiger partial charge < -0.3 is 5.32 Å². The number of unbranched alkanes of at least 4 members (excludes halogenated alkanes) is 5. The number of aryl methyl sites for hydroxylation is 3. The Morgan fingerprint density at radius 1 is 0.787 bits per heavy atom. The summed E-state index contributed by atoms with van der Waals surface area (Å²) in [6.07, 6.45) is 34.6. The van der Waals surface area contributed by atoms with Crippen molar-refractivity contribution in [3.63, 3.8) is 0 Å². The zero-order valence-electron chi connectivity index (χ0n) is 31.3. The molecule has 0 spiro atoms. The third kappa shape index (κ3) is 16.2. The van der Waals surface area contributed by atoms with Gasteiger partial charge >= 0.3 is 0 Å². The average Bonchev–Trinajstić information content (AvgIpc) is 3.68. The smallest absolute Gasteiger partial charge is 0.00431 e. The normalized spacial score (nSPS) is 15.2. The summed E-state index contributed by atoms with van der Waals surface area (Å²) in [7, 11) is 0. The van der Waals surface area contributed by atoms with Gasteiger partial charge in [0, 0.05) is 0 Å². The van der Waals surface area contributed by atoms with E-state index in [4.69, 9.17) is 0 Å². The summed E-state index contributed by atoms with van der Waals surface area (Å²) in [4.78, 5) is 0. The number of rotatable bonds is 17. The van der Waals surface area contributed by atoms with Crippen LogP contribution in [0, 0.1) is 0 Å². The fourth-order valence-corrected chi connectivity index (χ4v) is 6.57. The van der Waals surface area contributed by atoms with Crippen LogP contribution in [0.1, 0.15) is 147 Å². The molecule has 0 atom stereocenters. The number of allylic oxidation sites excluding steroid dienone is 10. The van der Waals surface area contributed by atoms with Crippen molar-refractivity contribution in [2.45, 2.75) is 144 Å². The quantitative estimate of drug-likeness (QED) is 0.135. The number of hydrogen-bond acceptors (Lipinski definition) is 1. The van der Waals surface area contributed by atoms with Crippen LogP contribution >= 0.6 is 0 Å². The third-order valence-corrected chi connectivity index (χ3v) is 9.47. The minimum Gasteiger partial charge on any atom is -0.317 e. The van der Waals surface area contributed by atoms with Gasteiger partial charge in [-0.2, -0.15) is 0 Å². The predicted molar refractivity (Wildman–Crippen MR) is 212 cm³/mol. The van der Waals surface area contributed by atoms with Crippen molar-refractivity contribution in [2.24, 2.45) is 0 Å². The minimum absolute atomic E-state index is 0.774. The summed E-state index contributed by atoms with van der Waals surface area (Å²) in [5.74, 6) is 0.774. The molecule has 1 nitrogen and oxygen atoms in total. The third-order valence-electron chi connectivity index (χ3n) is 9.47. The Hall–Kier alpha value is -2.90. The molecule has 0 bridgehead atoms. The molecule has 1 heteroatoms. The van der Waals surface area contributed by atoms with Gasteiger partial charge in [-0.15, -0.1) is 0 Å². The Balaban J connectivity index is 0.000000325. The van der Waals surface area contributed by atoms with E-state index in [1.165, 1.54) is 118 Å². The second-order valence-corrected chi connectivity index (χ2v) is 12.9. The summed E-state index contributed by atoms with van der Waals surface area (Å²) in [5.41, 5.74) is 10.6. The number of benzene rings is 2. The van der Waals surface area contributed by atoms with Gasteiger partial charge in [-0.25, -0.2) is 0 Å². The Kier molecular flexibility index (Phi) is 22.4. The fraction of sp³-hybridized carbons (Fsp3) is 0.522. The molecule has 2 aromatic rings. The Labute approximate surface area is 291 Å². The molecule has 258 valence electrons. The second kappa shape index (κ2) is 26.1. The molecule has 1 saturated heterocycles. The van der Waals surface area contributed by atoms with E-state index in [0.717, 1.165) is 25.2 Å². The molecule has 0 saturated carbocycles. The molecule has 0 amide bonds. The second-order valence-electron chi connectivity index (χ2n) is 12.9. The lowest BCUT2D eigenvalue weighted by Crippen LogP contribution is -2.26. The first-order valence-corrected chi connectivity index (χ1v) is 19.4. The predicted octanol–water partition coefficient (Wildman–Crippen LogP) is 13.4. The van der Waals surface area contributed by atoms with E-state index in [1.807, 2.05) is 13.8 Å². The van der Waals surface area contributed by atoms with Crippen LogP contribution in [0.5, 0.6) is 0 Å². The molecule has 1 aliphatic carbocycles. The maximum Gasteiger partial charge on any atom is -0.00431 e. The SMILES string of the molecule is C/C=C/C(=C\C=C(/CCCCC)C1=CC=CC1)CC.CC.CCc1ccccc1CCCCCCc1ccc(C2CCNCC2)cc1. The van der Waals surface area contributed by atoms with Gasteiger partial charge in [-0.3, -0.25) is 0 Å². The summed E-state index contributed by atoms with van der Waals surface area (Å²) >= 11 is 0. The Bertz CT molecular complexity index is 1230. The van der Waals surface area contributed by atoms with Crippen LogP contribution in [0.25, 0.3) is 0 Å². The highest BCUT2D eigenvalue weighted by Gasteiger charge is 2.14. The number of piperidine rings is 1. The van der Waals surface area contributed by atoms with Crippen LogP contribution in [0.15, 0.2) is 108 Å². The van der Waals surface area contributed by atoms with Gasteiger partial charge in [0.05, 0.1) is 0 Å². The van der Waals surface area contributed by atoms with Crippen LogP contribution in [-0.2, 0) is 19.3 Å². The van der Waals surface area contributed by atoms with Crippen molar-refractivity contribution in [3.8, 4) is 0 Å². The van der Waals surface area contributed by atoms with E-state index in [1.54, 1.807) is 11.1 Å². The standard InChI is InChI=1S/C25H35N.C19H28.C2H6/c1-2-22-10-7-8-12-23(22)11-6-4-3-5-9-21-13-15-24(16-14-21)25-17-19-26-20-18-25;1-4-7-8-12-19(18-13-9-10-14-18)16-15-17(6-3)11-5-2;1-2/h7-8,10,12-16,25-26H,2-6,9,11,17-20H2,1H3;5,9-11,13,15-16H,4,6-8,12,14H2,1-3H3;1-2H3/b;11-5+,17-15-,19-16+;. The fourth-order valence-electron chi connectivity index (χ4n) is 6.57. The Morgan fingerprint density at radius 2 is 1.49 bits per heavy atom. The van der Waals surface area contributed by atoms with Crippen molar-refractivity contribution in [1.82, 2.24) is 5.32 Å². The summed E-state index contributed by atoms with van der Waals surface area (Å²) in [6.45, 7) is 15.2. The van der Waals surface area contributed by atoms with Gasteiger partial charge in [0.15, 0.2) is 0 Å². The Morgan fingerprint density at radius 3 is 2.11 bits per heavy atom. The largest absolute Gasteiger partial charge is 0.317 e. The molecule has 1 N–H and O–H groups in total. The molecule has 2 aromatic carbocycles. The van der Waals surface area contributed by atoms with Gasteiger partial charge in [0.25, 0.3) is 0 Å². The molecule has 1 fully saturated rings. The maximum atomic E-state index is 3.46. The maximum absolute atomic E-state index is 3.46. The van der Waals surface area contributed by atoms with Crippen LogP contribution < -0.4 is 5.32 Å². The van der Waals surface area contributed by atoms with Gasteiger partial charge in [-0.05, 0) is 136 Å². The number of hydrogen-bond donors (Lipinski definition) is 1. The first-order chi connectivity index (χ1) is 23.2. The van der Waals surface area contributed by atoms with Crippen molar-refractivity contribution in [3.05, 3.63) is 130 Å². The molecule has 1 heterocycles. The monoisotopic (exact) mass is 636 g/mol. The zero-order chi connectivity index (χ0) is 34.0. The van der Waals surface area contributed by atoms with Crippen LogP contribution in [0.3, 0.4) is 0 Å². The van der Waals surface area contributed by atoms with Crippen molar-refractivity contribution >= 4 is 0 Å². The highest BCUT2D eigenvalue weighted by atomic mass is 14.9. The molecule has 0 unspecified atom stereocenters. The van der Waals surface area contributed by atoms with E-state index < -0.39 is 0 Å². The van der Waals surface area contributed by atoms with E-state index in [9.17, 15) is 0 Å².